The Hall–Kier alpha value is -0.950. The predicted molar refractivity (Wildman–Crippen MR) is 81.2 cm³/mol. The molecule has 0 radical (unpaired) electrons. The van der Waals surface area contributed by atoms with Gasteiger partial charge < -0.3 is 5.32 Å². The minimum Gasteiger partial charge on any atom is -0.322 e. The highest BCUT2D eigenvalue weighted by Gasteiger charge is 2.10. The van der Waals surface area contributed by atoms with E-state index in [1.165, 1.54) is 18.2 Å². The highest BCUT2D eigenvalue weighted by molar-refractivity contribution is 14.1. The minimum atomic E-state index is -0.349. The van der Waals surface area contributed by atoms with Crippen LogP contribution in [-0.4, -0.2) is 5.91 Å². The van der Waals surface area contributed by atoms with Crippen molar-refractivity contribution in [2.75, 3.05) is 5.32 Å². The summed E-state index contributed by atoms with van der Waals surface area (Å²) in [5.74, 6) is -0.601. The Balaban J connectivity index is 2.22. The molecule has 2 aromatic rings. The Labute approximate surface area is 126 Å². The van der Waals surface area contributed by atoms with Crippen molar-refractivity contribution in [2.24, 2.45) is 0 Å². The van der Waals surface area contributed by atoms with Crippen LogP contribution in [0.1, 0.15) is 10.4 Å². The van der Waals surface area contributed by atoms with Gasteiger partial charge in [0.15, 0.2) is 0 Å². The monoisotopic (exact) mass is 419 g/mol. The van der Waals surface area contributed by atoms with Gasteiger partial charge in [0.25, 0.3) is 5.91 Å². The Morgan fingerprint density at radius 2 is 2.00 bits per heavy atom. The van der Waals surface area contributed by atoms with Crippen LogP contribution in [0.25, 0.3) is 0 Å². The molecule has 2 aromatic carbocycles. The van der Waals surface area contributed by atoms with Gasteiger partial charge in [0.05, 0.1) is 5.56 Å². The number of carbonyl (C=O) groups is 1. The molecule has 0 saturated heterocycles. The van der Waals surface area contributed by atoms with Gasteiger partial charge in [-0.1, -0.05) is 22.0 Å². The van der Waals surface area contributed by atoms with Crippen LogP contribution in [0.15, 0.2) is 46.9 Å². The second kappa shape index (κ2) is 5.79. The molecule has 0 bridgehead atoms. The van der Waals surface area contributed by atoms with E-state index in [9.17, 15) is 9.18 Å². The minimum absolute atomic E-state index is 0.252. The van der Waals surface area contributed by atoms with Crippen LogP contribution in [-0.2, 0) is 0 Å². The molecule has 0 unspecified atom stereocenters. The molecule has 0 saturated carbocycles. The summed E-state index contributed by atoms with van der Waals surface area (Å²) in [4.78, 5) is 12.0. The third-order valence-electron chi connectivity index (χ3n) is 2.26. The van der Waals surface area contributed by atoms with Crippen molar-refractivity contribution >= 4 is 50.1 Å². The zero-order valence-corrected chi connectivity index (χ0v) is 12.8. The van der Waals surface area contributed by atoms with Crippen LogP contribution in [0, 0.1) is 9.39 Å². The van der Waals surface area contributed by atoms with Crippen LogP contribution in [0.2, 0.25) is 0 Å². The molecule has 0 fully saturated rings. The van der Waals surface area contributed by atoms with Crippen molar-refractivity contribution in [3.05, 3.63) is 61.9 Å². The zero-order chi connectivity index (χ0) is 13.1. The fourth-order valence-corrected chi connectivity index (χ4v) is 2.56. The first-order valence-corrected chi connectivity index (χ1v) is 6.95. The van der Waals surface area contributed by atoms with Crippen molar-refractivity contribution in [1.82, 2.24) is 0 Å². The third kappa shape index (κ3) is 3.29. The van der Waals surface area contributed by atoms with Crippen LogP contribution in [0.4, 0.5) is 10.1 Å². The van der Waals surface area contributed by atoms with E-state index >= 15 is 0 Å². The second-order valence-corrected chi connectivity index (χ2v) is 5.67. The van der Waals surface area contributed by atoms with E-state index in [4.69, 9.17) is 0 Å². The van der Waals surface area contributed by atoms with E-state index < -0.39 is 0 Å². The first kappa shape index (κ1) is 13.5. The summed E-state index contributed by atoms with van der Waals surface area (Å²) in [6.45, 7) is 0. The lowest BCUT2D eigenvalue weighted by Crippen LogP contribution is -2.13. The maximum atomic E-state index is 12.9. The predicted octanol–water partition coefficient (Wildman–Crippen LogP) is 4.45. The fourth-order valence-electron chi connectivity index (χ4n) is 1.44. The Morgan fingerprint density at radius 3 is 2.67 bits per heavy atom. The van der Waals surface area contributed by atoms with Gasteiger partial charge in [0.1, 0.15) is 5.82 Å². The molecule has 18 heavy (non-hydrogen) atoms. The molecule has 0 spiro atoms. The molecule has 92 valence electrons. The first-order valence-electron chi connectivity index (χ1n) is 5.08. The van der Waals surface area contributed by atoms with E-state index in [-0.39, 0.29) is 11.7 Å². The summed E-state index contributed by atoms with van der Waals surface area (Å²) in [5, 5.41) is 2.76. The lowest BCUT2D eigenvalue weighted by atomic mass is 10.2. The smallest absolute Gasteiger partial charge is 0.256 e. The SMILES string of the molecule is O=C(Nc1cccc(Br)c1)c1ccc(F)cc1I. The van der Waals surface area contributed by atoms with Crippen LogP contribution in [0.3, 0.4) is 0 Å². The van der Waals surface area contributed by atoms with E-state index in [1.807, 2.05) is 34.7 Å². The van der Waals surface area contributed by atoms with Gasteiger partial charge in [-0.3, -0.25) is 4.79 Å². The molecular formula is C13H8BrFINO. The number of rotatable bonds is 2. The molecule has 0 aliphatic rings. The summed E-state index contributed by atoms with van der Waals surface area (Å²) in [6, 6.07) is 11.4. The molecule has 0 atom stereocenters. The van der Waals surface area contributed by atoms with Crippen LogP contribution >= 0.6 is 38.5 Å². The topological polar surface area (TPSA) is 29.1 Å². The largest absolute Gasteiger partial charge is 0.322 e. The number of hydrogen-bond acceptors (Lipinski definition) is 1. The lowest BCUT2D eigenvalue weighted by Gasteiger charge is -2.07. The summed E-state index contributed by atoms with van der Waals surface area (Å²) >= 11 is 5.27. The summed E-state index contributed by atoms with van der Waals surface area (Å²) in [6.07, 6.45) is 0. The molecule has 1 amide bonds. The van der Waals surface area contributed by atoms with Crippen molar-refractivity contribution in [3.8, 4) is 0 Å². The number of halogens is 3. The highest BCUT2D eigenvalue weighted by atomic mass is 127. The molecule has 2 rings (SSSR count). The average Bonchev–Trinajstić information content (AvgIpc) is 2.28. The van der Waals surface area contributed by atoms with Crippen molar-refractivity contribution < 1.29 is 9.18 Å². The second-order valence-electron chi connectivity index (χ2n) is 3.59. The Bertz CT molecular complexity index is 603. The van der Waals surface area contributed by atoms with Gasteiger partial charge in [-0.25, -0.2) is 4.39 Å². The normalized spacial score (nSPS) is 10.2. The van der Waals surface area contributed by atoms with E-state index in [0.717, 1.165) is 4.47 Å². The molecule has 1 N–H and O–H groups in total. The molecule has 0 aliphatic carbocycles. The van der Waals surface area contributed by atoms with Gasteiger partial charge in [-0.2, -0.15) is 0 Å². The molecule has 0 heterocycles. The van der Waals surface area contributed by atoms with Crippen molar-refractivity contribution in [2.45, 2.75) is 0 Å². The van der Waals surface area contributed by atoms with Gasteiger partial charge in [0, 0.05) is 13.7 Å². The van der Waals surface area contributed by atoms with Gasteiger partial charge >= 0.3 is 0 Å². The molecule has 0 aliphatic heterocycles. The summed E-state index contributed by atoms with van der Waals surface area (Å²) in [5.41, 5.74) is 1.14. The number of benzene rings is 2. The standard InChI is InChI=1S/C13H8BrFINO/c14-8-2-1-3-10(6-8)17-13(18)11-5-4-9(15)7-12(11)16/h1-7H,(H,17,18). The average molecular weight is 420 g/mol. The van der Waals surface area contributed by atoms with E-state index in [1.54, 1.807) is 12.1 Å². The highest BCUT2D eigenvalue weighted by Crippen LogP contribution is 2.19. The van der Waals surface area contributed by atoms with Gasteiger partial charge in [-0.05, 0) is 59.0 Å². The summed E-state index contributed by atoms with van der Waals surface area (Å²) in [7, 11) is 0. The molecule has 5 heteroatoms. The number of carbonyl (C=O) groups excluding carboxylic acids is 1. The Morgan fingerprint density at radius 1 is 1.22 bits per heavy atom. The number of anilines is 1. The lowest BCUT2D eigenvalue weighted by molar-refractivity contribution is 0.102. The van der Waals surface area contributed by atoms with Crippen molar-refractivity contribution in [3.63, 3.8) is 0 Å². The first-order chi connectivity index (χ1) is 8.56. The van der Waals surface area contributed by atoms with Crippen LogP contribution < -0.4 is 5.32 Å². The maximum absolute atomic E-state index is 12.9. The number of amides is 1. The number of nitrogens with one attached hydrogen (secondary N) is 1. The fraction of sp³-hybridized carbons (Fsp3) is 0. The third-order valence-corrected chi connectivity index (χ3v) is 3.64. The Kier molecular flexibility index (Phi) is 4.34. The van der Waals surface area contributed by atoms with Gasteiger partial charge in [-0.15, -0.1) is 0 Å². The van der Waals surface area contributed by atoms with E-state index in [2.05, 4.69) is 21.2 Å². The number of hydrogen-bond donors (Lipinski definition) is 1. The molecular weight excluding hydrogens is 412 g/mol. The van der Waals surface area contributed by atoms with Gasteiger partial charge in [0.2, 0.25) is 0 Å². The van der Waals surface area contributed by atoms with E-state index in [0.29, 0.717) is 14.8 Å². The quantitative estimate of drug-likeness (QED) is 0.716. The molecule has 0 aromatic heterocycles. The summed E-state index contributed by atoms with van der Waals surface area (Å²) < 4.78 is 14.4. The zero-order valence-electron chi connectivity index (χ0n) is 9.08. The van der Waals surface area contributed by atoms with Crippen LogP contribution in [0.5, 0.6) is 0 Å². The molecule has 2 nitrogen and oxygen atoms in total. The maximum Gasteiger partial charge on any atom is 0.256 e. The van der Waals surface area contributed by atoms with Crippen molar-refractivity contribution in [1.29, 1.82) is 0 Å².